The first-order chi connectivity index (χ1) is 24.5. The molecule has 1 saturated heterocycles. The Morgan fingerprint density at radius 1 is 0.627 bits per heavy atom. The van der Waals surface area contributed by atoms with Crippen LogP contribution in [0.4, 0.5) is 0 Å². The van der Waals surface area contributed by atoms with Crippen LogP contribution in [0.2, 0.25) is 0 Å². The second-order valence-electron chi connectivity index (χ2n) is 10.5. The summed E-state index contributed by atoms with van der Waals surface area (Å²) >= 11 is 0. The topological polar surface area (TPSA) is 265 Å². The van der Waals surface area contributed by atoms with Crippen LogP contribution >= 0.6 is 0 Å². The van der Waals surface area contributed by atoms with E-state index >= 15 is 0 Å². The maximum Gasteiger partial charge on any atom is 0.329 e. The van der Waals surface area contributed by atoms with E-state index in [2.05, 4.69) is 41.1 Å². The smallest absolute Gasteiger partial charge is 0.329 e. The highest BCUT2D eigenvalue weighted by Crippen LogP contribution is 2.17. The van der Waals surface area contributed by atoms with Crippen molar-refractivity contribution in [3.8, 4) is 11.4 Å². The fourth-order valence-electron chi connectivity index (χ4n) is 4.22. The summed E-state index contributed by atoms with van der Waals surface area (Å²) in [4.78, 5) is 106. The third kappa shape index (κ3) is 12.7. The largest absolute Gasteiger partial charge is 0.454 e. The first-order valence-corrected chi connectivity index (χ1v) is 15.1. The van der Waals surface area contributed by atoms with Crippen molar-refractivity contribution in [3.63, 3.8) is 0 Å². The average Bonchev–Trinajstić information content (AvgIpc) is 3.60. The van der Waals surface area contributed by atoms with Crippen LogP contribution in [0.3, 0.4) is 0 Å². The molecule has 0 bridgehead atoms. The molecule has 1 aliphatic rings. The Hall–Kier alpha value is -6.73. The van der Waals surface area contributed by atoms with Crippen LogP contribution in [0.1, 0.15) is 11.1 Å². The van der Waals surface area contributed by atoms with E-state index in [0.29, 0.717) is 17.8 Å². The number of esters is 4. The lowest BCUT2D eigenvalue weighted by atomic mass is 10.0. The van der Waals surface area contributed by atoms with Crippen molar-refractivity contribution in [3.05, 3.63) is 66.2 Å². The van der Waals surface area contributed by atoms with Crippen LogP contribution < -0.4 is 21.3 Å². The number of cyclic esters (lactones) is 4. The number of hydrogen-bond donors (Lipinski definition) is 4. The third-order valence-corrected chi connectivity index (χ3v) is 6.68. The van der Waals surface area contributed by atoms with E-state index in [1.165, 1.54) is 0 Å². The Bertz CT molecular complexity index is 1750. The van der Waals surface area contributed by atoms with Gasteiger partial charge in [-0.1, -0.05) is 24.3 Å². The minimum absolute atomic E-state index is 0.101. The highest BCUT2D eigenvalue weighted by atomic mass is 16.6. The van der Waals surface area contributed by atoms with Gasteiger partial charge in [0.1, 0.15) is 31.4 Å². The number of nitrogens with zero attached hydrogens (tertiary/aromatic N) is 4. The first kappa shape index (κ1) is 37.1. The molecule has 3 aromatic rings. The minimum atomic E-state index is -1.35. The normalized spacial score (nSPS) is 18.0. The Kier molecular flexibility index (Phi) is 13.6. The molecule has 4 amide bonds. The molecule has 1 aliphatic heterocycles. The number of carbonyl (C=O) groups excluding carboxylic acids is 8. The van der Waals surface area contributed by atoms with Crippen LogP contribution in [-0.4, -0.2) is 119 Å². The molecule has 4 rings (SSSR count). The van der Waals surface area contributed by atoms with Gasteiger partial charge in [-0.3, -0.25) is 48.2 Å². The molecule has 2 aromatic heterocycles. The summed E-state index contributed by atoms with van der Waals surface area (Å²) in [5, 5.41) is 13.1. The molecular formula is C31H32N8O12. The van der Waals surface area contributed by atoms with Gasteiger partial charge in [-0.05, 0) is 17.2 Å². The highest BCUT2D eigenvalue weighted by Gasteiger charge is 2.25. The second kappa shape index (κ2) is 18.7. The van der Waals surface area contributed by atoms with Crippen LogP contribution in [0, 0.1) is 0 Å². The van der Waals surface area contributed by atoms with Gasteiger partial charge >= 0.3 is 23.9 Å². The number of hydrogen-bond acceptors (Lipinski definition) is 15. The van der Waals surface area contributed by atoms with Gasteiger partial charge in [-0.25, -0.2) is 4.79 Å². The van der Waals surface area contributed by atoms with Gasteiger partial charge in [0.05, 0.1) is 18.4 Å². The van der Waals surface area contributed by atoms with Crippen molar-refractivity contribution in [1.29, 1.82) is 0 Å². The molecule has 1 atom stereocenters. The predicted molar refractivity (Wildman–Crippen MR) is 167 cm³/mol. The molecule has 1 aromatic carbocycles. The fourth-order valence-corrected chi connectivity index (χ4v) is 4.22. The molecule has 51 heavy (non-hydrogen) atoms. The van der Waals surface area contributed by atoms with Gasteiger partial charge in [-0.2, -0.15) is 5.10 Å². The zero-order valence-electron chi connectivity index (χ0n) is 26.8. The molecule has 0 radical (unpaired) electrons. The van der Waals surface area contributed by atoms with Crippen molar-refractivity contribution in [2.45, 2.75) is 19.0 Å². The van der Waals surface area contributed by atoms with Crippen LogP contribution in [0.5, 0.6) is 0 Å². The molecule has 20 nitrogen and oxygen atoms in total. The molecule has 3 heterocycles. The SMILES string of the molecule is O=C1COC(=O)CNC(=O)COC(=O)C(Cc2ccc(Cn3nccc3-c3cnccn3)cc2)NC(=O)COC(=O)CNC(=O)COC(=O)CN1. The molecular weight excluding hydrogens is 676 g/mol. The lowest BCUT2D eigenvalue weighted by Crippen LogP contribution is -2.46. The average molecular weight is 709 g/mol. The second-order valence-corrected chi connectivity index (χ2v) is 10.5. The molecule has 268 valence electrons. The summed E-state index contributed by atoms with van der Waals surface area (Å²) in [6.45, 7) is -4.92. The Balaban J connectivity index is 1.40. The quantitative estimate of drug-likeness (QED) is 0.152. The van der Waals surface area contributed by atoms with Gasteiger partial charge < -0.3 is 40.2 Å². The number of amides is 4. The molecule has 4 N–H and O–H groups in total. The highest BCUT2D eigenvalue weighted by molar-refractivity contribution is 5.90. The van der Waals surface area contributed by atoms with Crippen molar-refractivity contribution >= 4 is 47.5 Å². The molecule has 0 aliphatic carbocycles. The first-order valence-electron chi connectivity index (χ1n) is 15.1. The molecule has 1 fully saturated rings. The van der Waals surface area contributed by atoms with Gasteiger partial charge in [-0.15, -0.1) is 0 Å². The van der Waals surface area contributed by atoms with E-state index < -0.39 is 99.6 Å². The Labute approximate surface area is 288 Å². The van der Waals surface area contributed by atoms with Crippen molar-refractivity contribution in [1.82, 2.24) is 41.0 Å². The lowest BCUT2D eigenvalue weighted by Gasteiger charge is -2.18. The summed E-state index contributed by atoms with van der Waals surface area (Å²) in [6.07, 6.45) is 6.29. The van der Waals surface area contributed by atoms with Crippen molar-refractivity contribution < 1.29 is 57.3 Å². The standard InChI is InChI=1S/C31H32N8O12/c40-24-15-49-29(45)12-36-26(42)17-51-31(47)21(38-27(43)18-50-30(46)13-35-25(41)16-48-28(44)11-34-24)9-19-1-3-20(4-2-19)14-39-23(5-6-37-39)22-10-32-7-8-33-22/h1-8,10,21H,9,11-18H2,(H,34,40)(H,35,41)(H,36,42)(H,38,43). The van der Waals surface area contributed by atoms with Crippen LogP contribution in [0.15, 0.2) is 55.1 Å². The van der Waals surface area contributed by atoms with E-state index in [1.54, 1.807) is 59.8 Å². The third-order valence-electron chi connectivity index (χ3n) is 6.68. The van der Waals surface area contributed by atoms with Crippen molar-refractivity contribution in [2.75, 3.05) is 46.1 Å². The number of ether oxygens (including phenoxy) is 4. The van der Waals surface area contributed by atoms with Gasteiger partial charge in [0.25, 0.3) is 23.6 Å². The zero-order valence-corrected chi connectivity index (χ0v) is 26.8. The summed E-state index contributed by atoms with van der Waals surface area (Å²) in [5.41, 5.74) is 2.82. The fraction of sp³-hybridized carbons (Fsp3) is 0.323. The van der Waals surface area contributed by atoms with E-state index in [1.807, 2.05) is 0 Å². The van der Waals surface area contributed by atoms with Gasteiger partial charge in [0.2, 0.25) is 0 Å². The summed E-state index contributed by atoms with van der Waals surface area (Å²) in [7, 11) is 0. The van der Waals surface area contributed by atoms with E-state index in [4.69, 9.17) is 14.2 Å². The predicted octanol–water partition coefficient (Wildman–Crippen LogP) is -3.05. The summed E-state index contributed by atoms with van der Waals surface area (Å²) in [6, 6.07) is 7.45. The number of carbonyl (C=O) groups is 8. The minimum Gasteiger partial charge on any atom is -0.454 e. The Morgan fingerprint density at radius 3 is 1.71 bits per heavy atom. The van der Waals surface area contributed by atoms with Crippen LogP contribution in [0.25, 0.3) is 11.4 Å². The summed E-state index contributed by atoms with van der Waals surface area (Å²) in [5.74, 6) is -7.62. The Morgan fingerprint density at radius 2 is 1.16 bits per heavy atom. The maximum absolute atomic E-state index is 13.0. The van der Waals surface area contributed by atoms with E-state index in [-0.39, 0.29) is 6.42 Å². The van der Waals surface area contributed by atoms with Crippen molar-refractivity contribution in [2.24, 2.45) is 0 Å². The molecule has 0 spiro atoms. The van der Waals surface area contributed by atoms with E-state index in [0.717, 1.165) is 11.3 Å². The van der Waals surface area contributed by atoms with Gasteiger partial charge in [0.15, 0.2) is 26.4 Å². The molecule has 0 saturated carbocycles. The van der Waals surface area contributed by atoms with Gasteiger partial charge in [0, 0.05) is 25.0 Å². The molecule has 20 heteroatoms. The maximum atomic E-state index is 13.0. The number of benzene rings is 1. The number of rotatable bonds is 5. The zero-order chi connectivity index (χ0) is 36.6. The number of aromatic nitrogens is 4. The molecule has 1 unspecified atom stereocenters. The van der Waals surface area contributed by atoms with Crippen LogP contribution in [-0.2, 0) is 70.3 Å². The summed E-state index contributed by atoms with van der Waals surface area (Å²) < 4.78 is 21.0. The number of nitrogens with one attached hydrogen (secondary N) is 4. The monoisotopic (exact) mass is 708 g/mol. The lowest BCUT2D eigenvalue weighted by molar-refractivity contribution is -0.154. The van der Waals surface area contributed by atoms with E-state index in [9.17, 15) is 38.4 Å².